The maximum atomic E-state index is 11.7. The fourth-order valence-electron chi connectivity index (χ4n) is 1.49. The van der Waals surface area contributed by atoms with Gasteiger partial charge in [0, 0.05) is 18.7 Å². The molecule has 0 unspecified atom stereocenters. The zero-order chi connectivity index (χ0) is 10.8. The largest absolute Gasteiger partial charge is 0.336 e. The smallest absolute Gasteiger partial charge is 0.294 e. The van der Waals surface area contributed by atoms with Crippen molar-refractivity contribution in [2.45, 2.75) is 13.3 Å². The van der Waals surface area contributed by atoms with Crippen LogP contribution in [0.3, 0.4) is 0 Å². The van der Waals surface area contributed by atoms with Crippen molar-refractivity contribution < 1.29 is 9.59 Å². The minimum absolute atomic E-state index is 0.370. The van der Waals surface area contributed by atoms with E-state index in [0.717, 1.165) is 25.1 Å². The van der Waals surface area contributed by atoms with Gasteiger partial charge in [-0.05, 0) is 13.3 Å². The van der Waals surface area contributed by atoms with E-state index < -0.39 is 5.78 Å². The van der Waals surface area contributed by atoms with Crippen LogP contribution in [0.15, 0.2) is 24.3 Å². The Morgan fingerprint density at radius 2 is 1.73 bits per heavy atom. The second-order valence-electron chi connectivity index (χ2n) is 3.84. The zero-order valence-corrected chi connectivity index (χ0v) is 8.69. The van der Waals surface area contributed by atoms with Gasteiger partial charge in [-0.15, -0.1) is 0 Å². The van der Waals surface area contributed by atoms with Crippen LogP contribution in [0.1, 0.15) is 22.3 Å². The van der Waals surface area contributed by atoms with E-state index in [1.54, 1.807) is 17.0 Å². The summed E-state index contributed by atoms with van der Waals surface area (Å²) in [5.74, 6) is -0.764. The molecule has 78 valence electrons. The quantitative estimate of drug-likeness (QED) is 0.538. The van der Waals surface area contributed by atoms with Crippen LogP contribution >= 0.6 is 0 Å². The number of ketones is 1. The van der Waals surface area contributed by atoms with E-state index in [9.17, 15) is 9.59 Å². The van der Waals surface area contributed by atoms with Gasteiger partial charge in [-0.3, -0.25) is 9.59 Å². The third-order valence-electron chi connectivity index (χ3n) is 2.65. The summed E-state index contributed by atoms with van der Waals surface area (Å²) in [6.07, 6.45) is 1.01. The first-order valence-electron chi connectivity index (χ1n) is 5.09. The number of Topliss-reactive ketones (excluding diaryl/α,β-unsaturated/α-hetero) is 1. The predicted molar refractivity (Wildman–Crippen MR) is 56.7 cm³/mol. The third-order valence-corrected chi connectivity index (χ3v) is 2.65. The number of aryl methyl sites for hydroxylation is 1. The van der Waals surface area contributed by atoms with Gasteiger partial charge in [0.05, 0.1) is 0 Å². The molecule has 0 spiro atoms. The third kappa shape index (κ3) is 1.91. The molecule has 0 atom stereocenters. The van der Waals surface area contributed by atoms with Gasteiger partial charge in [-0.2, -0.15) is 0 Å². The molecule has 1 aromatic carbocycles. The minimum Gasteiger partial charge on any atom is -0.336 e. The maximum Gasteiger partial charge on any atom is 0.294 e. The Labute approximate surface area is 88.7 Å². The fourth-order valence-corrected chi connectivity index (χ4v) is 1.49. The molecule has 0 saturated carbocycles. The van der Waals surface area contributed by atoms with Crippen molar-refractivity contribution in [3.63, 3.8) is 0 Å². The Balaban J connectivity index is 2.13. The molecule has 1 aliphatic rings. The summed E-state index contributed by atoms with van der Waals surface area (Å²) in [7, 11) is 0. The molecular weight excluding hydrogens is 190 g/mol. The normalized spacial score (nSPS) is 14.6. The molecular formula is C12H13NO2. The first-order valence-corrected chi connectivity index (χ1v) is 5.09. The second-order valence-corrected chi connectivity index (χ2v) is 3.84. The van der Waals surface area contributed by atoms with Gasteiger partial charge < -0.3 is 4.90 Å². The number of likely N-dealkylation sites (tertiary alicyclic amines) is 1. The fraction of sp³-hybridized carbons (Fsp3) is 0.333. The highest BCUT2D eigenvalue weighted by molar-refractivity contribution is 6.42. The first-order chi connectivity index (χ1) is 7.18. The lowest BCUT2D eigenvalue weighted by Crippen LogP contribution is -2.45. The van der Waals surface area contributed by atoms with Crippen LogP contribution in [0.2, 0.25) is 0 Å². The molecule has 3 heteroatoms. The number of hydrogen-bond donors (Lipinski definition) is 0. The van der Waals surface area contributed by atoms with Gasteiger partial charge >= 0.3 is 0 Å². The number of carbonyl (C=O) groups excluding carboxylic acids is 2. The highest BCUT2D eigenvalue weighted by atomic mass is 16.2. The van der Waals surface area contributed by atoms with E-state index in [-0.39, 0.29) is 5.91 Å². The van der Waals surface area contributed by atoms with Crippen LogP contribution < -0.4 is 0 Å². The summed E-state index contributed by atoms with van der Waals surface area (Å²) in [6, 6.07) is 7.10. The molecule has 0 N–H and O–H groups in total. The highest BCUT2D eigenvalue weighted by Crippen LogP contribution is 2.10. The van der Waals surface area contributed by atoms with Gasteiger partial charge in [0.2, 0.25) is 5.78 Å². The number of amides is 1. The molecule has 1 saturated heterocycles. The molecule has 15 heavy (non-hydrogen) atoms. The molecule has 0 aromatic heterocycles. The summed E-state index contributed by atoms with van der Waals surface area (Å²) < 4.78 is 0. The Morgan fingerprint density at radius 1 is 1.13 bits per heavy atom. The minimum atomic E-state index is -0.394. The van der Waals surface area contributed by atoms with Crippen LogP contribution in [0.25, 0.3) is 0 Å². The average Bonchev–Trinajstić information content (AvgIpc) is 2.15. The lowest BCUT2D eigenvalue weighted by molar-refractivity contribution is -0.129. The molecule has 3 nitrogen and oxygen atoms in total. The summed E-state index contributed by atoms with van der Waals surface area (Å²) in [5, 5.41) is 0. The van der Waals surface area contributed by atoms with Gasteiger partial charge in [0.25, 0.3) is 5.91 Å². The van der Waals surface area contributed by atoms with E-state index in [1.165, 1.54) is 0 Å². The molecule has 1 heterocycles. The average molecular weight is 203 g/mol. The lowest BCUT2D eigenvalue weighted by atomic mass is 10.1. The summed E-state index contributed by atoms with van der Waals surface area (Å²) >= 11 is 0. The number of benzene rings is 1. The lowest BCUT2D eigenvalue weighted by Gasteiger charge is -2.30. The van der Waals surface area contributed by atoms with Crippen LogP contribution in [-0.2, 0) is 4.79 Å². The second kappa shape index (κ2) is 3.85. The van der Waals surface area contributed by atoms with Crippen molar-refractivity contribution >= 4 is 11.7 Å². The molecule has 1 fully saturated rings. The molecule has 0 bridgehead atoms. The van der Waals surface area contributed by atoms with Crippen LogP contribution in [0.4, 0.5) is 0 Å². The molecule has 0 radical (unpaired) electrons. The van der Waals surface area contributed by atoms with E-state index >= 15 is 0 Å². The Bertz CT molecular complexity index is 391. The summed E-state index contributed by atoms with van der Waals surface area (Å²) in [4.78, 5) is 24.9. The van der Waals surface area contributed by atoms with Crippen molar-refractivity contribution in [1.82, 2.24) is 4.90 Å². The summed E-state index contributed by atoms with van der Waals surface area (Å²) in [5.41, 5.74) is 1.57. The van der Waals surface area contributed by atoms with Crippen molar-refractivity contribution in [2.75, 3.05) is 13.1 Å². The standard InChI is InChI=1S/C12H13NO2/c1-9-3-5-10(6-4-9)11(14)12(15)13-7-2-8-13/h3-6H,2,7-8H2,1H3. The van der Waals surface area contributed by atoms with E-state index in [4.69, 9.17) is 0 Å². The Morgan fingerprint density at radius 3 is 2.20 bits per heavy atom. The number of rotatable bonds is 2. The Kier molecular flexibility index (Phi) is 2.54. The number of hydrogen-bond acceptors (Lipinski definition) is 2. The highest BCUT2D eigenvalue weighted by Gasteiger charge is 2.26. The SMILES string of the molecule is Cc1ccc(C(=O)C(=O)N2CCC2)cc1. The van der Waals surface area contributed by atoms with Gasteiger partial charge in [0.1, 0.15) is 0 Å². The van der Waals surface area contributed by atoms with Crippen molar-refractivity contribution in [3.05, 3.63) is 35.4 Å². The van der Waals surface area contributed by atoms with E-state index in [2.05, 4.69) is 0 Å². The van der Waals surface area contributed by atoms with Gasteiger partial charge in [-0.25, -0.2) is 0 Å². The van der Waals surface area contributed by atoms with Crippen molar-refractivity contribution in [2.24, 2.45) is 0 Å². The Hall–Kier alpha value is -1.64. The molecule has 2 rings (SSSR count). The first kappa shape index (κ1) is 9.90. The molecule has 1 amide bonds. The maximum absolute atomic E-state index is 11.7. The summed E-state index contributed by atoms with van der Waals surface area (Å²) in [6.45, 7) is 3.39. The number of nitrogens with zero attached hydrogens (tertiary/aromatic N) is 1. The number of carbonyl (C=O) groups is 2. The predicted octanol–water partition coefficient (Wildman–Crippen LogP) is 1.41. The zero-order valence-electron chi connectivity index (χ0n) is 8.69. The van der Waals surface area contributed by atoms with Crippen molar-refractivity contribution in [1.29, 1.82) is 0 Å². The van der Waals surface area contributed by atoms with Gasteiger partial charge in [-0.1, -0.05) is 29.8 Å². The van der Waals surface area contributed by atoms with E-state index in [1.807, 2.05) is 19.1 Å². The monoisotopic (exact) mass is 203 g/mol. The molecule has 1 aliphatic heterocycles. The topological polar surface area (TPSA) is 37.4 Å². The van der Waals surface area contributed by atoms with Crippen molar-refractivity contribution in [3.8, 4) is 0 Å². The van der Waals surface area contributed by atoms with Crippen LogP contribution in [0, 0.1) is 6.92 Å². The van der Waals surface area contributed by atoms with Crippen LogP contribution in [0.5, 0.6) is 0 Å². The van der Waals surface area contributed by atoms with Crippen LogP contribution in [-0.4, -0.2) is 29.7 Å². The van der Waals surface area contributed by atoms with E-state index in [0.29, 0.717) is 5.56 Å². The molecule has 0 aliphatic carbocycles. The molecule has 1 aromatic rings. The van der Waals surface area contributed by atoms with Gasteiger partial charge in [0.15, 0.2) is 0 Å².